The van der Waals surface area contributed by atoms with Gasteiger partial charge in [-0.15, -0.1) is 0 Å². The summed E-state index contributed by atoms with van der Waals surface area (Å²) in [7, 11) is 3.73. The van der Waals surface area contributed by atoms with Gasteiger partial charge in [0.25, 0.3) is 0 Å². The molecule has 0 spiro atoms. The molecular formula is C17H23N5O2. The van der Waals surface area contributed by atoms with Gasteiger partial charge in [-0.1, -0.05) is 24.2 Å². The number of nitrogens with one attached hydrogen (secondary N) is 1. The first-order valence-electron chi connectivity index (χ1n) is 8.19. The lowest BCUT2D eigenvalue weighted by atomic mass is 10.1. The summed E-state index contributed by atoms with van der Waals surface area (Å²) in [5.41, 5.74) is 3.04. The van der Waals surface area contributed by atoms with Crippen LogP contribution in [-0.4, -0.2) is 45.9 Å². The predicted octanol–water partition coefficient (Wildman–Crippen LogP) is 2.27. The van der Waals surface area contributed by atoms with Crippen molar-refractivity contribution in [2.24, 2.45) is 12.2 Å². The average molecular weight is 329 g/mol. The second-order valence-electron chi connectivity index (χ2n) is 6.06. The number of hydrogen-bond donors (Lipinski definition) is 1. The molecule has 0 radical (unpaired) electrons. The fraction of sp³-hybridized carbons (Fsp3) is 0.471. The van der Waals surface area contributed by atoms with Crippen molar-refractivity contribution in [2.45, 2.75) is 32.4 Å². The van der Waals surface area contributed by atoms with E-state index >= 15 is 0 Å². The van der Waals surface area contributed by atoms with Crippen molar-refractivity contribution in [2.75, 3.05) is 13.6 Å². The Labute approximate surface area is 141 Å². The van der Waals surface area contributed by atoms with Gasteiger partial charge in [-0.25, -0.2) is 9.78 Å². The highest BCUT2D eigenvalue weighted by molar-refractivity contribution is 5.85. The molecule has 128 valence electrons. The maximum Gasteiger partial charge on any atom is 0.317 e. The molecule has 7 nitrogen and oxygen atoms in total. The molecule has 1 N–H and O–H groups in total. The largest absolute Gasteiger partial charge is 0.390 e. The molecule has 2 amide bonds. The maximum absolute atomic E-state index is 12.3. The first kappa shape index (κ1) is 16.3. The van der Waals surface area contributed by atoms with Gasteiger partial charge in [-0.3, -0.25) is 0 Å². The molecule has 0 fully saturated rings. The maximum atomic E-state index is 12.3. The number of carbonyl (C=O) groups excluding carboxylic acids is 1. The molecule has 0 saturated heterocycles. The summed E-state index contributed by atoms with van der Waals surface area (Å²) >= 11 is 0. The molecule has 0 aliphatic carbocycles. The summed E-state index contributed by atoms with van der Waals surface area (Å²) in [5.74, 6) is 0.850. The molecule has 1 aromatic heterocycles. The summed E-state index contributed by atoms with van der Waals surface area (Å²) < 4.78 is 2.01. The minimum atomic E-state index is -0.143. The van der Waals surface area contributed by atoms with Gasteiger partial charge in [0.1, 0.15) is 11.9 Å². The average Bonchev–Trinajstić information content (AvgIpc) is 3.18. The van der Waals surface area contributed by atoms with E-state index in [1.165, 1.54) is 0 Å². The lowest BCUT2D eigenvalue weighted by molar-refractivity contribution is 0.0851. The van der Waals surface area contributed by atoms with Crippen molar-refractivity contribution in [3.63, 3.8) is 0 Å². The smallest absolute Gasteiger partial charge is 0.317 e. The normalized spacial score (nSPS) is 16.8. The number of benzene rings is 1. The van der Waals surface area contributed by atoms with E-state index in [1.54, 1.807) is 11.9 Å². The molecule has 1 aliphatic heterocycles. The number of amides is 2. The number of oxime groups is 1. The van der Waals surface area contributed by atoms with Gasteiger partial charge >= 0.3 is 6.03 Å². The number of hydrogen-bond acceptors (Lipinski definition) is 4. The van der Waals surface area contributed by atoms with E-state index in [1.807, 2.05) is 42.8 Å². The monoisotopic (exact) mass is 329 g/mol. The van der Waals surface area contributed by atoms with Crippen LogP contribution in [0.3, 0.4) is 0 Å². The zero-order valence-electron chi connectivity index (χ0n) is 14.3. The first-order valence-corrected chi connectivity index (χ1v) is 8.19. The zero-order valence-corrected chi connectivity index (χ0v) is 14.3. The van der Waals surface area contributed by atoms with E-state index in [9.17, 15) is 4.79 Å². The van der Waals surface area contributed by atoms with Crippen LogP contribution in [-0.2, 0) is 18.4 Å². The number of imidazole rings is 1. The molecule has 0 saturated carbocycles. The molecule has 1 aliphatic rings. The Morgan fingerprint density at radius 3 is 2.96 bits per heavy atom. The highest BCUT2D eigenvalue weighted by Crippen LogP contribution is 2.15. The van der Waals surface area contributed by atoms with Crippen LogP contribution in [0.2, 0.25) is 0 Å². The Kier molecular flexibility index (Phi) is 4.69. The van der Waals surface area contributed by atoms with Crippen LogP contribution in [0.4, 0.5) is 4.79 Å². The summed E-state index contributed by atoms with van der Waals surface area (Å²) in [6.45, 7) is 2.95. The molecule has 2 heterocycles. The number of para-hydroxylation sites is 2. The molecule has 7 heteroatoms. The number of fused-ring (bicyclic) bond motifs is 1. The Morgan fingerprint density at radius 2 is 2.25 bits per heavy atom. The van der Waals surface area contributed by atoms with E-state index < -0.39 is 0 Å². The Balaban J connectivity index is 1.55. The van der Waals surface area contributed by atoms with Crippen molar-refractivity contribution in [1.82, 2.24) is 19.8 Å². The van der Waals surface area contributed by atoms with E-state index in [4.69, 9.17) is 4.84 Å². The number of aryl methyl sites for hydroxylation is 1. The number of urea groups is 1. The van der Waals surface area contributed by atoms with Gasteiger partial charge in [0, 0.05) is 20.5 Å². The van der Waals surface area contributed by atoms with Gasteiger partial charge in [-0.05, 0) is 18.6 Å². The van der Waals surface area contributed by atoms with E-state index in [2.05, 4.69) is 15.5 Å². The van der Waals surface area contributed by atoms with E-state index in [0.717, 1.165) is 35.4 Å². The van der Waals surface area contributed by atoms with Crippen molar-refractivity contribution < 1.29 is 9.63 Å². The molecule has 0 bridgehead atoms. The molecule has 3 rings (SSSR count). The number of nitrogens with zero attached hydrogens (tertiary/aromatic N) is 4. The van der Waals surface area contributed by atoms with Crippen molar-refractivity contribution in [1.29, 1.82) is 0 Å². The van der Waals surface area contributed by atoms with Gasteiger partial charge in [0.15, 0.2) is 0 Å². The summed E-state index contributed by atoms with van der Waals surface area (Å²) in [6, 6.07) is 7.80. The Bertz CT molecular complexity index is 767. The van der Waals surface area contributed by atoms with Crippen molar-refractivity contribution in [3.05, 3.63) is 30.1 Å². The summed E-state index contributed by atoms with van der Waals surface area (Å²) in [6.07, 6.45) is 1.61. The van der Waals surface area contributed by atoms with E-state index in [-0.39, 0.29) is 12.1 Å². The summed E-state index contributed by atoms with van der Waals surface area (Å²) in [5, 5.41) is 6.89. The zero-order chi connectivity index (χ0) is 17.1. The lowest BCUT2D eigenvalue weighted by Gasteiger charge is -2.18. The first-order chi connectivity index (χ1) is 11.6. The topological polar surface area (TPSA) is 71.8 Å². The van der Waals surface area contributed by atoms with Crippen LogP contribution in [0.5, 0.6) is 0 Å². The molecule has 1 aromatic carbocycles. The fourth-order valence-corrected chi connectivity index (χ4v) is 2.76. The molecule has 2 aromatic rings. The number of rotatable bonds is 5. The van der Waals surface area contributed by atoms with Crippen LogP contribution in [0.1, 0.15) is 25.6 Å². The fourth-order valence-electron chi connectivity index (χ4n) is 2.76. The minimum Gasteiger partial charge on any atom is -0.390 e. The third-order valence-electron chi connectivity index (χ3n) is 4.29. The van der Waals surface area contributed by atoms with Gasteiger partial charge in [0.2, 0.25) is 0 Å². The predicted molar refractivity (Wildman–Crippen MR) is 92.8 cm³/mol. The van der Waals surface area contributed by atoms with Gasteiger partial charge < -0.3 is 19.6 Å². The lowest BCUT2D eigenvalue weighted by Crippen LogP contribution is -2.41. The number of aromatic nitrogens is 2. The second kappa shape index (κ2) is 6.90. The van der Waals surface area contributed by atoms with E-state index in [0.29, 0.717) is 13.1 Å². The third kappa shape index (κ3) is 3.34. The van der Waals surface area contributed by atoms with Gasteiger partial charge in [-0.2, -0.15) is 0 Å². The second-order valence-corrected chi connectivity index (χ2v) is 6.06. The van der Waals surface area contributed by atoms with Crippen LogP contribution in [0.25, 0.3) is 11.0 Å². The molecule has 0 unspecified atom stereocenters. The van der Waals surface area contributed by atoms with Crippen LogP contribution in [0, 0.1) is 0 Å². The van der Waals surface area contributed by atoms with Crippen LogP contribution >= 0.6 is 0 Å². The molecular weight excluding hydrogens is 306 g/mol. The minimum absolute atomic E-state index is 0.0620. The van der Waals surface area contributed by atoms with Crippen molar-refractivity contribution in [3.8, 4) is 0 Å². The quantitative estimate of drug-likeness (QED) is 0.914. The Morgan fingerprint density at radius 1 is 1.46 bits per heavy atom. The van der Waals surface area contributed by atoms with Crippen LogP contribution < -0.4 is 5.32 Å². The molecule has 1 atom stereocenters. The Hall–Kier alpha value is -2.57. The van der Waals surface area contributed by atoms with Gasteiger partial charge in [0.05, 0.1) is 29.8 Å². The molecule has 24 heavy (non-hydrogen) atoms. The summed E-state index contributed by atoms with van der Waals surface area (Å²) in [4.78, 5) is 23.8. The standard InChI is InChI=1S/C17H23N5O2/c1-4-12-9-13(24-20-12)10-18-17(23)21(2)11-16-19-14-7-5-6-8-15(14)22(16)3/h5-8,13H,4,9-11H2,1-3H3,(H,18,23)/t13-/m1/s1. The third-order valence-corrected chi connectivity index (χ3v) is 4.29. The highest BCUT2D eigenvalue weighted by atomic mass is 16.6. The van der Waals surface area contributed by atoms with Crippen molar-refractivity contribution >= 4 is 22.8 Å². The SMILES string of the molecule is CCC1=NO[C@@H](CNC(=O)N(C)Cc2nc3ccccc3n2C)C1. The number of carbonyl (C=O) groups is 1. The van der Waals surface area contributed by atoms with Crippen LogP contribution in [0.15, 0.2) is 29.4 Å². The highest BCUT2D eigenvalue weighted by Gasteiger charge is 2.21.